The number of likely N-dealkylation sites (N-methyl/N-ethyl adjacent to an activating group) is 1. The van der Waals surface area contributed by atoms with E-state index in [2.05, 4.69) is 10.0 Å². The molecule has 5 nitrogen and oxygen atoms in total. The van der Waals surface area contributed by atoms with E-state index in [1.807, 2.05) is 48.5 Å². The Morgan fingerprint density at radius 3 is 2.50 bits per heavy atom. The second-order valence-electron chi connectivity index (χ2n) is 4.61. The quantitative estimate of drug-likeness (QED) is 0.440. The van der Waals surface area contributed by atoms with Crippen LogP contribution in [0.5, 0.6) is 0 Å². The van der Waals surface area contributed by atoms with Gasteiger partial charge in [-0.3, -0.25) is 4.79 Å². The van der Waals surface area contributed by atoms with Gasteiger partial charge in [-0.25, -0.2) is 0 Å². The summed E-state index contributed by atoms with van der Waals surface area (Å²) in [5.74, 6) is -0.222. The van der Waals surface area contributed by atoms with Crippen LogP contribution in [0.4, 0.5) is 5.69 Å². The van der Waals surface area contributed by atoms with Gasteiger partial charge in [0, 0.05) is 17.5 Å². The summed E-state index contributed by atoms with van der Waals surface area (Å²) in [6.07, 6.45) is 0. The largest absolute Gasteiger partial charge is 0.314 e. The number of nitrogens with zero attached hydrogens (tertiary/aromatic N) is 4. The third-order valence-corrected chi connectivity index (χ3v) is 3.54. The fourth-order valence-electron chi connectivity index (χ4n) is 2.57. The maximum absolute atomic E-state index is 12.5. The number of azide groups is 1. The molecule has 1 aliphatic rings. The highest BCUT2D eigenvalue weighted by Crippen LogP contribution is 2.40. The zero-order valence-corrected chi connectivity index (χ0v) is 10.9. The predicted octanol–water partition coefficient (Wildman–Crippen LogP) is 3.68. The van der Waals surface area contributed by atoms with Gasteiger partial charge < -0.3 is 4.90 Å². The first-order valence-corrected chi connectivity index (χ1v) is 6.24. The van der Waals surface area contributed by atoms with E-state index in [0.29, 0.717) is 0 Å². The van der Waals surface area contributed by atoms with E-state index in [1.165, 1.54) is 0 Å². The highest BCUT2D eigenvalue weighted by atomic mass is 16.2. The summed E-state index contributed by atoms with van der Waals surface area (Å²) in [4.78, 5) is 16.9. The monoisotopic (exact) mass is 264 g/mol. The molecule has 1 unspecified atom stereocenters. The van der Waals surface area contributed by atoms with E-state index in [1.54, 1.807) is 11.9 Å². The van der Waals surface area contributed by atoms with E-state index in [-0.39, 0.29) is 5.91 Å². The molecule has 1 aliphatic heterocycles. The molecule has 0 bridgehead atoms. The van der Waals surface area contributed by atoms with Crippen LogP contribution in [0.1, 0.15) is 11.6 Å². The number of anilines is 1. The second kappa shape index (κ2) is 4.72. The average molecular weight is 264 g/mol. The normalized spacial score (nSPS) is 16.8. The lowest BCUT2D eigenvalue weighted by atomic mass is 9.96. The van der Waals surface area contributed by atoms with Crippen molar-refractivity contribution in [1.82, 2.24) is 0 Å². The van der Waals surface area contributed by atoms with Gasteiger partial charge in [0.05, 0.1) is 5.69 Å². The zero-order chi connectivity index (χ0) is 14.1. The molecule has 1 atom stereocenters. The Hall–Kier alpha value is -2.78. The minimum atomic E-state index is -0.825. The zero-order valence-electron chi connectivity index (χ0n) is 10.9. The third kappa shape index (κ3) is 1.73. The van der Waals surface area contributed by atoms with Crippen LogP contribution < -0.4 is 4.90 Å². The van der Waals surface area contributed by atoms with Crippen molar-refractivity contribution in [2.24, 2.45) is 5.11 Å². The number of hydrogen-bond donors (Lipinski definition) is 0. The van der Waals surface area contributed by atoms with Gasteiger partial charge in [0.25, 0.3) is 0 Å². The van der Waals surface area contributed by atoms with Crippen molar-refractivity contribution in [3.63, 3.8) is 0 Å². The lowest BCUT2D eigenvalue weighted by Crippen LogP contribution is -2.29. The van der Waals surface area contributed by atoms with Crippen LogP contribution in [-0.4, -0.2) is 13.0 Å². The van der Waals surface area contributed by atoms with Crippen molar-refractivity contribution in [3.8, 4) is 11.1 Å². The van der Waals surface area contributed by atoms with Gasteiger partial charge in [0.1, 0.15) is 6.04 Å². The molecule has 0 fully saturated rings. The molecule has 2 aromatic rings. The second-order valence-corrected chi connectivity index (χ2v) is 4.61. The smallest absolute Gasteiger partial charge is 0.240 e. The average Bonchev–Trinajstić information content (AvgIpc) is 2.58. The lowest BCUT2D eigenvalue weighted by Gasteiger charge is -2.19. The first-order valence-electron chi connectivity index (χ1n) is 6.24. The van der Waals surface area contributed by atoms with Crippen LogP contribution in [0.25, 0.3) is 21.6 Å². The van der Waals surface area contributed by atoms with E-state index in [0.717, 1.165) is 22.4 Å². The number of amides is 1. The van der Waals surface area contributed by atoms with Crippen LogP contribution in [0.15, 0.2) is 53.6 Å². The molecule has 1 heterocycles. The Bertz CT molecular complexity index is 734. The van der Waals surface area contributed by atoms with Crippen LogP contribution in [0.3, 0.4) is 0 Å². The highest BCUT2D eigenvalue weighted by molar-refractivity contribution is 6.04. The van der Waals surface area contributed by atoms with Crippen LogP contribution in [0.2, 0.25) is 0 Å². The summed E-state index contributed by atoms with van der Waals surface area (Å²) < 4.78 is 0. The van der Waals surface area contributed by atoms with Gasteiger partial charge in [-0.1, -0.05) is 47.6 Å². The Labute approximate surface area is 116 Å². The number of fused-ring (bicyclic) bond motifs is 3. The molecular formula is C15H12N4O. The fourth-order valence-corrected chi connectivity index (χ4v) is 2.57. The van der Waals surface area contributed by atoms with Crippen molar-refractivity contribution in [2.75, 3.05) is 11.9 Å². The van der Waals surface area contributed by atoms with E-state index < -0.39 is 6.04 Å². The van der Waals surface area contributed by atoms with Crippen LogP contribution in [-0.2, 0) is 4.79 Å². The van der Waals surface area contributed by atoms with Gasteiger partial charge in [-0.05, 0) is 22.7 Å². The minimum Gasteiger partial charge on any atom is -0.314 e. The first-order chi connectivity index (χ1) is 9.74. The van der Waals surface area contributed by atoms with E-state index >= 15 is 0 Å². The molecule has 98 valence electrons. The first kappa shape index (κ1) is 12.3. The van der Waals surface area contributed by atoms with Crippen molar-refractivity contribution < 1.29 is 4.79 Å². The Kier molecular flexibility index (Phi) is 2.89. The lowest BCUT2D eigenvalue weighted by molar-refractivity contribution is -0.119. The van der Waals surface area contributed by atoms with Crippen molar-refractivity contribution >= 4 is 11.6 Å². The number of carbonyl (C=O) groups excluding carboxylic acids is 1. The molecule has 0 aromatic heterocycles. The summed E-state index contributed by atoms with van der Waals surface area (Å²) in [5.41, 5.74) is 12.2. The maximum atomic E-state index is 12.5. The molecule has 20 heavy (non-hydrogen) atoms. The Balaban J connectivity index is 2.36. The van der Waals surface area contributed by atoms with Gasteiger partial charge >= 0.3 is 0 Å². The van der Waals surface area contributed by atoms with Crippen LogP contribution in [0, 0.1) is 0 Å². The molecule has 3 rings (SSSR count). The molecule has 2 aromatic carbocycles. The SMILES string of the molecule is CN1C(=O)C(N=[N+]=[N-])c2ccccc2-c2ccccc21. The summed E-state index contributed by atoms with van der Waals surface area (Å²) in [5, 5.41) is 3.69. The standard InChI is InChI=1S/C15H12N4O/c1-19-13-9-5-4-7-11(13)10-6-2-3-8-12(10)14(15(19)20)17-18-16/h2-9,14H,1H3. The van der Waals surface area contributed by atoms with E-state index in [9.17, 15) is 4.79 Å². The van der Waals surface area contributed by atoms with Gasteiger partial charge in [0.2, 0.25) is 5.91 Å². The highest BCUT2D eigenvalue weighted by Gasteiger charge is 2.31. The van der Waals surface area contributed by atoms with Crippen molar-refractivity contribution in [2.45, 2.75) is 6.04 Å². The number of benzene rings is 2. The third-order valence-electron chi connectivity index (χ3n) is 3.54. The number of hydrogen-bond acceptors (Lipinski definition) is 2. The van der Waals surface area contributed by atoms with Gasteiger partial charge in [-0.2, -0.15) is 0 Å². The summed E-state index contributed by atoms with van der Waals surface area (Å²) in [6.45, 7) is 0. The molecule has 5 heteroatoms. The van der Waals surface area contributed by atoms with Crippen molar-refractivity contribution in [3.05, 3.63) is 64.5 Å². The molecular weight excluding hydrogens is 252 g/mol. The fraction of sp³-hybridized carbons (Fsp3) is 0.133. The molecule has 0 radical (unpaired) electrons. The van der Waals surface area contributed by atoms with Crippen LogP contribution >= 0.6 is 0 Å². The summed E-state index contributed by atoms with van der Waals surface area (Å²) in [6, 6.07) is 14.4. The Morgan fingerprint density at radius 2 is 1.75 bits per heavy atom. The number of carbonyl (C=O) groups is 1. The molecule has 0 N–H and O–H groups in total. The van der Waals surface area contributed by atoms with E-state index in [4.69, 9.17) is 5.53 Å². The number of rotatable bonds is 1. The topological polar surface area (TPSA) is 69.1 Å². The molecule has 1 amide bonds. The molecule has 0 saturated carbocycles. The number of para-hydroxylation sites is 1. The minimum absolute atomic E-state index is 0.222. The van der Waals surface area contributed by atoms with Gasteiger partial charge in [0.15, 0.2) is 0 Å². The predicted molar refractivity (Wildman–Crippen MR) is 77.2 cm³/mol. The molecule has 0 spiro atoms. The molecule has 0 saturated heterocycles. The summed E-state index contributed by atoms with van der Waals surface area (Å²) >= 11 is 0. The van der Waals surface area contributed by atoms with Gasteiger partial charge in [-0.15, -0.1) is 0 Å². The Morgan fingerprint density at radius 1 is 1.10 bits per heavy atom. The summed E-state index contributed by atoms with van der Waals surface area (Å²) in [7, 11) is 1.70. The van der Waals surface area contributed by atoms with Crippen molar-refractivity contribution in [1.29, 1.82) is 0 Å². The maximum Gasteiger partial charge on any atom is 0.240 e. The molecule has 0 aliphatic carbocycles.